The summed E-state index contributed by atoms with van der Waals surface area (Å²) in [6.07, 6.45) is -0.813. The second-order valence-electron chi connectivity index (χ2n) is 26.0. The minimum atomic E-state index is -2.69. The summed E-state index contributed by atoms with van der Waals surface area (Å²) >= 11 is 30.4. The van der Waals surface area contributed by atoms with Gasteiger partial charge >= 0.3 is 0 Å². The number of halogens is 10. The minimum Gasteiger partial charge on any atom is -0.368 e. The van der Waals surface area contributed by atoms with Crippen LogP contribution in [0.3, 0.4) is 0 Å². The first-order valence-electron chi connectivity index (χ1n) is 34.5. The number of thioether (sulfide) groups is 3. The first kappa shape index (κ1) is 80.7. The number of ether oxygens (including phenoxy) is 3. The SMILES string of the molecule is CCc1cccc(C(CCC(C[C@@](OC)(C(=O)N2N=C(c3cc(F)ccc3F)SC2(CCCN)c2cccc(Cl)c2)c2cccc(Cl)c2)(OC)C(=O)N2N=C(c3cc(F)ccc3F)SC2(CCCN)c2ccc(Cl)c(Cl)c2)(OC)C(=O)N2N=C(c3cc(F)ccc3F)SC2(CCCN)c2cccc(CC)c2)c1. The Morgan fingerprint density at radius 3 is 1.27 bits per heavy atom. The van der Waals surface area contributed by atoms with Gasteiger partial charge in [-0.1, -0.05) is 174 Å². The molecule has 0 aliphatic carbocycles. The maximum absolute atomic E-state index is 18.0. The molecule has 0 saturated carbocycles. The summed E-state index contributed by atoms with van der Waals surface area (Å²) < 4.78 is 117. The van der Waals surface area contributed by atoms with Gasteiger partial charge in [0.25, 0.3) is 17.7 Å². The number of amides is 3. The van der Waals surface area contributed by atoms with Crippen molar-refractivity contribution in [3.8, 4) is 0 Å². The zero-order valence-corrected chi connectivity index (χ0v) is 64.4. The van der Waals surface area contributed by atoms with Crippen molar-refractivity contribution in [1.29, 1.82) is 0 Å². The number of carbonyl (C=O) groups is 3. The van der Waals surface area contributed by atoms with Gasteiger partial charge in [0.2, 0.25) is 0 Å². The molecule has 8 aromatic rings. The van der Waals surface area contributed by atoms with Crippen LogP contribution in [0.1, 0.15) is 127 Å². The second-order valence-corrected chi connectivity index (χ2v) is 31.5. The van der Waals surface area contributed by atoms with E-state index >= 15 is 40.7 Å². The molecule has 0 aromatic heterocycles. The van der Waals surface area contributed by atoms with Gasteiger partial charge in [-0.2, -0.15) is 15.3 Å². The molecule has 3 heterocycles. The van der Waals surface area contributed by atoms with E-state index in [1.807, 2.05) is 44.2 Å². The lowest BCUT2D eigenvalue weighted by Gasteiger charge is -2.47. The third-order valence-electron chi connectivity index (χ3n) is 19.7. The molecule has 3 amide bonds. The van der Waals surface area contributed by atoms with Crippen LogP contribution in [0.4, 0.5) is 26.3 Å². The van der Waals surface area contributed by atoms with E-state index in [1.165, 1.54) is 62.7 Å². The molecule has 0 radical (unpaired) electrons. The van der Waals surface area contributed by atoms with E-state index in [9.17, 15) is 0 Å². The third-order valence-corrected chi connectivity index (χ3v) is 25.3. The Hall–Kier alpha value is -7.27. The molecule has 15 nitrogen and oxygen atoms in total. The molecular weight excluding hydrogens is 1520 g/mol. The Morgan fingerprint density at radius 2 is 0.841 bits per heavy atom. The Morgan fingerprint density at radius 1 is 0.439 bits per heavy atom. The van der Waals surface area contributed by atoms with Gasteiger partial charge in [-0.15, -0.1) is 0 Å². The topological polar surface area (TPSA) is 204 Å². The standard InChI is InChI=1S/C79H77Cl4F6N9O6S3/c1-6-48-15-8-17-50(39-48)75(103-4,72(100)97-77(31-12-36-90,52-19-9-16-49(7-2)40-52)105-69(94-97)61-45-58(85)25-29-66(61)88)35-34-74(102-3,71(99)96-79(33-14-38-92,54-23-27-63(82)64(83)43-54)107-68(93-96)60-44-57(84)24-28-65(60)87)47-76(104-5,51-18-10-21-55(80)41-51)73(101)98-78(32-13-37-91,53-20-11-22-56(81)42-53)106-70(95-98)62-46-59(86)26-30-67(62)89/h8-11,15-30,39-46H,6-7,12-14,31-38,47,90-92H2,1-5H3/t74?,75?,76-,77?,78?,79?/m0/s1. The zero-order chi connectivity index (χ0) is 76.8. The number of aryl methyl sites for hydroxylation is 2. The first-order valence-corrected chi connectivity index (χ1v) is 38.4. The van der Waals surface area contributed by atoms with E-state index in [0.717, 1.165) is 105 Å². The number of rotatable bonds is 30. The molecule has 5 unspecified atom stereocenters. The number of hydrazone groups is 3. The van der Waals surface area contributed by atoms with Crippen LogP contribution >= 0.6 is 81.7 Å². The van der Waals surface area contributed by atoms with Crippen molar-refractivity contribution < 1.29 is 54.9 Å². The van der Waals surface area contributed by atoms with E-state index in [1.54, 1.807) is 48.5 Å². The van der Waals surface area contributed by atoms with Crippen molar-refractivity contribution in [2.24, 2.45) is 32.5 Å². The lowest BCUT2D eigenvalue weighted by Crippen LogP contribution is -2.61. The fraction of sp³-hybridized carbons (Fsp3) is 0.316. The molecule has 107 heavy (non-hydrogen) atoms. The van der Waals surface area contributed by atoms with E-state index < -0.39 is 103 Å². The molecular formula is C79H77Cl4F6N9O6S3. The normalized spacial score (nSPS) is 19.6. The molecule has 11 rings (SSSR count). The highest BCUT2D eigenvalue weighted by atomic mass is 35.5. The fourth-order valence-electron chi connectivity index (χ4n) is 14.0. The number of hydrogen-bond acceptors (Lipinski definition) is 15. The van der Waals surface area contributed by atoms with Gasteiger partial charge in [0.05, 0.1) is 10.0 Å². The van der Waals surface area contributed by atoms with Crippen molar-refractivity contribution in [1.82, 2.24) is 15.0 Å². The van der Waals surface area contributed by atoms with Crippen molar-refractivity contribution in [3.05, 3.63) is 280 Å². The number of nitrogens with zero attached hydrogens (tertiary/aromatic N) is 6. The van der Waals surface area contributed by atoms with Gasteiger partial charge in [0.15, 0.2) is 16.8 Å². The first-order chi connectivity index (χ1) is 51.3. The molecule has 562 valence electrons. The van der Waals surface area contributed by atoms with Crippen molar-refractivity contribution in [3.63, 3.8) is 0 Å². The maximum atomic E-state index is 18.0. The highest BCUT2D eigenvalue weighted by molar-refractivity contribution is 8.16. The molecule has 0 fully saturated rings. The average Bonchev–Trinajstić information content (AvgIpc) is 1.66. The molecule has 0 bridgehead atoms. The molecule has 0 spiro atoms. The molecule has 8 aromatic carbocycles. The molecule has 6 N–H and O–H groups in total. The summed E-state index contributed by atoms with van der Waals surface area (Å²) in [5.74, 6) is -8.18. The van der Waals surface area contributed by atoms with Crippen LogP contribution in [0, 0.1) is 34.9 Å². The Bertz CT molecular complexity index is 4790. The summed E-state index contributed by atoms with van der Waals surface area (Å²) in [6, 6.07) is 40.0. The number of benzene rings is 8. The number of methoxy groups -OCH3 is 3. The van der Waals surface area contributed by atoms with Crippen LogP contribution in [-0.4, -0.2) is 94.4 Å². The Kier molecular flexibility index (Phi) is 25.6. The van der Waals surface area contributed by atoms with Crippen molar-refractivity contribution in [2.45, 2.75) is 116 Å². The Labute approximate surface area is 649 Å². The maximum Gasteiger partial charge on any atom is 0.281 e. The molecule has 3 aliphatic heterocycles. The van der Waals surface area contributed by atoms with Crippen LogP contribution in [0.2, 0.25) is 20.1 Å². The number of carbonyl (C=O) groups excluding carboxylic acids is 3. The largest absolute Gasteiger partial charge is 0.368 e. The van der Waals surface area contributed by atoms with Crippen LogP contribution in [0.5, 0.6) is 0 Å². The lowest BCUT2D eigenvalue weighted by molar-refractivity contribution is -0.187. The third kappa shape index (κ3) is 15.7. The van der Waals surface area contributed by atoms with E-state index in [0.29, 0.717) is 29.5 Å². The predicted molar refractivity (Wildman–Crippen MR) is 414 cm³/mol. The molecule has 0 saturated heterocycles. The van der Waals surface area contributed by atoms with Crippen molar-refractivity contribution >= 4 is 115 Å². The highest BCUT2D eigenvalue weighted by Crippen LogP contribution is 2.59. The van der Waals surface area contributed by atoms with Gasteiger partial charge in [-0.05, 0) is 214 Å². The van der Waals surface area contributed by atoms with E-state index in [-0.39, 0.29) is 127 Å². The van der Waals surface area contributed by atoms with Crippen LogP contribution < -0.4 is 17.2 Å². The zero-order valence-electron chi connectivity index (χ0n) is 58.9. The van der Waals surface area contributed by atoms with Gasteiger partial charge < -0.3 is 31.4 Å². The number of nitrogens with two attached hydrogens (primary N) is 3. The lowest BCUT2D eigenvalue weighted by atomic mass is 9.74. The summed E-state index contributed by atoms with van der Waals surface area (Å²) in [6.45, 7) is 4.02. The summed E-state index contributed by atoms with van der Waals surface area (Å²) in [7, 11) is 3.70. The minimum absolute atomic E-state index is 0.00481. The van der Waals surface area contributed by atoms with Crippen LogP contribution in [-0.2, 0) is 67.3 Å². The van der Waals surface area contributed by atoms with Crippen LogP contribution in [0.15, 0.2) is 185 Å². The van der Waals surface area contributed by atoms with Crippen LogP contribution in [0.25, 0.3) is 0 Å². The highest BCUT2D eigenvalue weighted by Gasteiger charge is 2.64. The molecule has 28 heteroatoms. The van der Waals surface area contributed by atoms with E-state index in [2.05, 4.69) is 0 Å². The Balaban J connectivity index is 1.23. The molecule has 6 atom stereocenters. The summed E-state index contributed by atoms with van der Waals surface area (Å²) in [5.41, 5.74) is 13.4. The van der Waals surface area contributed by atoms with Gasteiger partial charge in [-0.3, -0.25) is 14.4 Å². The predicted octanol–water partition coefficient (Wildman–Crippen LogP) is 17.8. The molecule has 3 aliphatic rings. The van der Waals surface area contributed by atoms with Gasteiger partial charge in [-0.25, -0.2) is 41.4 Å². The summed E-state index contributed by atoms with van der Waals surface area (Å²) in [4.78, 5) is 48.0. The summed E-state index contributed by atoms with van der Waals surface area (Å²) in [5, 5.41) is 18.3. The van der Waals surface area contributed by atoms with Gasteiger partial charge in [0, 0.05) is 54.5 Å². The second kappa shape index (κ2) is 33.9. The van der Waals surface area contributed by atoms with E-state index in [4.69, 9.17) is 93.1 Å². The monoisotopic (exact) mass is 1600 g/mol. The average molecular weight is 1600 g/mol. The smallest absolute Gasteiger partial charge is 0.281 e. The van der Waals surface area contributed by atoms with Crippen molar-refractivity contribution in [2.75, 3.05) is 41.0 Å². The van der Waals surface area contributed by atoms with Gasteiger partial charge in [0.1, 0.15) is 64.6 Å². The number of hydrogen-bond donors (Lipinski definition) is 3. The quantitative estimate of drug-likeness (QED) is 0.0360. The fourth-order valence-corrected chi connectivity index (χ4v) is 18.9.